The lowest BCUT2D eigenvalue weighted by atomic mass is 9.98. The molecule has 2 N–H and O–H groups in total. The Balaban J connectivity index is 1.55. The Labute approximate surface area is 190 Å². The Morgan fingerprint density at radius 1 is 1.47 bits per heavy atom. The van der Waals surface area contributed by atoms with E-state index in [0.29, 0.717) is 17.5 Å². The number of anilines is 1. The van der Waals surface area contributed by atoms with Gasteiger partial charge in [0.05, 0.1) is 0 Å². The van der Waals surface area contributed by atoms with Crippen molar-refractivity contribution in [1.29, 1.82) is 0 Å². The van der Waals surface area contributed by atoms with Crippen LogP contribution in [-0.4, -0.2) is 42.2 Å². The molecule has 30 heavy (non-hydrogen) atoms. The smallest absolute Gasteiger partial charge is 0.276 e. The molecule has 1 amide bonds. The number of halogens is 1. The van der Waals surface area contributed by atoms with Crippen molar-refractivity contribution >= 4 is 49.4 Å². The molecule has 4 rings (SSSR count). The van der Waals surface area contributed by atoms with Gasteiger partial charge in [0.15, 0.2) is 5.04 Å². The Bertz CT molecular complexity index is 949. The summed E-state index contributed by atoms with van der Waals surface area (Å²) in [5.41, 5.74) is 4.25. The van der Waals surface area contributed by atoms with E-state index in [1.165, 1.54) is 29.2 Å². The van der Waals surface area contributed by atoms with Gasteiger partial charge in [-0.1, -0.05) is 22.5 Å². The molecule has 1 fully saturated rings. The van der Waals surface area contributed by atoms with Crippen LogP contribution in [0.1, 0.15) is 25.3 Å². The summed E-state index contributed by atoms with van der Waals surface area (Å²) < 4.78 is 1.09. The number of hydrogen-bond acceptors (Lipinski definition) is 6. The number of piperidine rings is 1. The van der Waals surface area contributed by atoms with Gasteiger partial charge in [-0.15, -0.1) is 0 Å². The van der Waals surface area contributed by atoms with E-state index < -0.39 is 0 Å². The number of amides is 1. The molecule has 1 aromatic rings. The number of nitrogens with zero attached hydrogens (tertiary/aromatic N) is 3. The van der Waals surface area contributed by atoms with Gasteiger partial charge in [-0.25, -0.2) is 9.98 Å². The Kier molecular flexibility index (Phi) is 6.75. The number of carbonyl (C=O) groups excluding carboxylic acids is 1. The largest absolute Gasteiger partial charge is 0.350 e. The molecule has 3 aliphatic rings. The normalized spacial score (nSPS) is 22.1. The molecule has 1 aromatic carbocycles. The number of thioether (sulfide) groups is 1. The van der Waals surface area contributed by atoms with Gasteiger partial charge in [0.1, 0.15) is 10.7 Å². The first-order valence-electron chi connectivity index (χ1n) is 10.3. The van der Waals surface area contributed by atoms with Crippen LogP contribution in [0.25, 0.3) is 0 Å². The Hall–Kier alpha value is -1.90. The van der Waals surface area contributed by atoms with Gasteiger partial charge < -0.3 is 15.5 Å². The zero-order valence-electron chi connectivity index (χ0n) is 17.1. The van der Waals surface area contributed by atoms with Crippen molar-refractivity contribution in [3.05, 3.63) is 52.4 Å². The predicted molar refractivity (Wildman–Crippen MR) is 129 cm³/mol. The highest BCUT2D eigenvalue weighted by Crippen LogP contribution is 2.36. The van der Waals surface area contributed by atoms with Gasteiger partial charge in [-0.3, -0.25) is 4.79 Å². The highest BCUT2D eigenvalue weighted by Gasteiger charge is 2.30. The first-order chi connectivity index (χ1) is 14.6. The number of aliphatic imine (C=N–C) groups is 2. The summed E-state index contributed by atoms with van der Waals surface area (Å²) in [6, 6.07) is 6.35. The molecular weight excluding hydrogens is 462 g/mol. The van der Waals surface area contributed by atoms with E-state index in [9.17, 15) is 4.79 Å². The van der Waals surface area contributed by atoms with Gasteiger partial charge >= 0.3 is 0 Å². The molecule has 0 atom stereocenters. The maximum absolute atomic E-state index is 12.8. The van der Waals surface area contributed by atoms with Crippen LogP contribution in [0, 0.1) is 5.92 Å². The highest BCUT2D eigenvalue weighted by atomic mass is 79.9. The second-order valence-electron chi connectivity index (χ2n) is 7.65. The number of nitrogens with one attached hydrogen (secondary N) is 2. The summed E-state index contributed by atoms with van der Waals surface area (Å²) in [5.74, 6) is 0.407. The zero-order valence-corrected chi connectivity index (χ0v) is 19.5. The SMILES string of the molecule is C=C/N=C1/SC(C(=O)NCC2CCNCC2)=N/C1=C(/C)N1CCc2cc(Br)ccc21. The van der Waals surface area contributed by atoms with Crippen LogP contribution < -0.4 is 15.5 Å². The van der Waals surface area contributed by atoms with Crippen molar-refractivity contribution in [2.45, 2.75) is 26.2 Å². The fourth-order valence-corrected chi connectivity index (χ4v) is 5.37. The first-order valence-corrected chi connectivity index (χ1v) is 11.9. The van der Waals surface area contributed by atoms with Crippen LogP contribution in [0.4, 0.5) is 5.69 Å². The molecule has 0 unspecified atom stereocenters. The maximum atomic E-state index is 12.8. The number of allylic oxidation sites excluding steroid dienone is 1. The highest BCUT2D eigenvalue weighted by molar-refractivity contribution is 9.10. The van der Waals surface area contributed by atoms with Crippen molar-refractivity contribution in [2.75, 3.05) is 31.1 Å². The van der Waals surface area contributed by atoms with Crippen LogP contribution in [0.15, 0.2) is 56.8 Å². The summed E-state index contributed by atoms with van der Waals surface area (Å²) in [6.07, 6.45) is 4.68. The molecule has 3 aliphatic heterocycles. The number of fused-ring (bicyclic) bond motifs is 1. The average Bonchev–Trinajstić information content (AvgIpc) is 3.37. The Morgan fingerprint density at radius 2 is 2.27 bits per heavy atom. The lowest BCUT2D eigenvalue weighted by Crippen LogP contribution is -2.37. The van der Waals surface area contributed by atoms with Crippen LogP contribution in [0.5, 0.6) is 0 Å². The van der Waals surface area contributed by atoms with Crippen LogP contribution >= 0.6 is 27.7 Å². The summed E-state index contributed by atoms with van der Waals surface area (Å²) in [6.45, 7) is 9.40. The quantitative estimate of drug-likeness (QED) is 0.661. The van der Waals surface area contributed by atoms with E-state index in [1.807, 2.05) is 6.92 Å². The third-order valence-corrected chi connectivity index (χ3v) is 7.16. The minimum Gasteiger partial charge on any atom is -0.350 e. The summed E-state index contributed by atoms with van der Waals surface area (Å²) in [7, 11) is 0. The van der Waals surface area contributed by atoms with Crippen LogP contribution in [0.2, 0.25) is 0 Å². The number of rotatable bonds is 5. The van der Waals surface area contributed by atoms with Crippen molar-refractivity contribution in [3.8, 4) is 0 Å². The maximum Gasteiger partial charge on any atom is 0.276 e. The number of carbonyl (C=O) groups is 1. The molecular formula is C22H26BrN5OS. The summed E-state index contributed by atoms with van der Waals surface area (Å²) >= 11 is 4.87. The standard InChI is InChI=1S/C22H26BrN5OS/c1-3-25-21-19(14(2)28-11-8-16-12-17(23)4-5-18(16)28)27-22(30-21)20(29)26-13-15-6-9-24-10-7-15/h3-5,12,15,24H,1,6-11,13H2,2H3,(H,26,29)/b19-14-,25-21+. The molecule has 3 heterocycles. The van der Waals surface area contributed by atoms with E-state index in [2.05, 4.69) is 61.2 Å². The van der Waals surface area contributed by atoms with Gasteiger partial charge in [0.25, 0.3) is 5.91 Å². The summed E-state index contributed by atoms with van der Waals surface area (Å²) in [5, 5.41) is 7.60. The second-order valence-corrected chi connectivity index (χ2v) is 9.54. The monoisotopic (exact) mass is 487 g/mol. The molecule has 0 saturated carbocycles. The van der Waals surface area contributed by atoms with Gasteiger partial charge in [0.2, 0.25) is 0 Å². The van der Waals surface area contributed by atoms with Gasteiger partial charge in [-0.05, 0) is 80.7 Å². The van der Waals surface area contributed by atoms with Gasteiger partial charge in [0, 0.05) is 35.1 Å². The van der Waals surface area contributed by atoms with Gasteiger partial charge in [-0.2, -0.15) is 0 Å². The van der Waals surface area contributed by atoms with E-state index >= 15 is 0 Å². The molecule has 8 heteroatoms. The molecule has 0 aliphatic carbocycles. The lowest BCUT2D eigenvalue weighted by molar-refractivity contribution is -0.114. The molecule has 6 nitrogen and oxygen atoms in total. The topological polar surface area (TPSA) is 69.1 Å². The lowest BCUT2D eigenvalue weighted by Gasteiger charge is -2.22. The van der Waals surface area contributed by atoms with E-state index in [4.69, 9.17) is 4.99 Å². The third kappa shape index (κ3) is 4.55. The first kappa shape index (κ1) is 21.3. The predicted octanol–water partition coefficient (Wildman–Crippen LogP) is 3.85. The molecule has 0 bridgehead atoms. The molecule has 0 spiro atoms. The molecule has 0 radical (unpaired) electrons. The summed E-state index contributed by atoms with van der Waals surface area (Å²) in [4.78, 5) is 24.1. The van der Waals surface area contributed by atoms with Crippen molar-refractivity contribution in [3.63, 3.8) is 0 Å². The van der Waals surface area contributed by atoms with E-state index in [0.717, 1.165) is 59.8 Å². The van der Waals surface area contributed by atoms with Crippen LogP contribution in [0.3, 0.4) is 0 Å². The third-order valence-electron chi connectivity index (χ3n) is 5.71. The zero-order chi connectivity index (χ0) is 21.1. The van der Waals surface area contributed by atoms with E-state index in [-0.39, 0.29) is 5.91 Å². The number of benzene rings is 1. The van der Waals surface area contributed by atoms with E-state index in [1.54, 1.807) is 0 Å². The van der Waals surface area contributed by atoms with Crippen molar-refractivity contribution in [2.24, 2.45) is 15.9 Å². The van der Waals surface area contributed by atoms with Crippen molar-refractivity contribution in [1.82, 2.24) is 10.6 Å². The average molecular weight is 488 g/mol. The second kappa shape index (κ2) is 9.49. The minimum absolute atomic E-state index is 0.121. The Morgan fingerprint density at radius 3 is 3.03 bits per heavy atom. The number of hydrogen-bond donors (Lipinski definition) is 2. The fourth-order valence-electron chi connectivity index (χ4n) is 4.06. The minimum atomic E-state index is -0.121. The molecule has 0 aromatic heterocycles. The fraction of sp³-hybridized carbons (Fsp3) is 0.409. The van der Waals surface area contributed by atoms with Crippen molar-refractivity contribution < 1.29 is 4.79 Å². The molecule has 1 saturated heterocycles. The molecule has 158 valence electrons. The van der Waals surface area contributed by atoms with Crippen LogP contribution in [-0.2, 0) is 11.2 Å².